The number of nitrogens with two attached hydrogens (primary N) is 1. The van der Waals surface area contributed by atoms with Crippen LogP contribution in [0.15, 0.2) is 18.2 Å². The van der Waals surface area contributed by atoms with Crippen LogP contribution in [-0.2, 0) is 0 Å². The van der Waals surface area contributed by atoms with Crippen LogP contribution in [0.4, 0.5) is 13.2 Å². The van der Waals surface area contributed by atoms with Crippen LogP contribution in [0.2, 0.25) is 0 Å². The van der Waals surface area contributed by atoms with Crippen molar-refractivity contribution < 1.29 is 22.6 Å². The Bertz CT molecular complexity index is 406. The van der Waals surface area contributed by atoms with Crippen molar-refractivity contribution in [3.8, 4) is 11.5 Å². The van der Waals surface area contributed by atoms with Gasteiger partial charge in [0.2, 0.25) is 0 Å². The fourth-order valence-corrected chi connectivity index (χ4v) is 1.74. The predicted octanol–water partition coefficient (Wildman–Crippen LogP) is 2.06. The molecule has 0 fully saturated rings. The average molecular weight is 247 g/mol. The Morgan fingerprint density at radius 3 is 2.41 bits per heavy atom. The molecule has 1 aromatic rings. The number of ether oxygens (including phenoxy) is 2. The fourth-order valence-electron chi connectivity index (χ4n) is 1.74. The quantitative estimate of drug-likeness (QED) is 0.870. The monoisotopic (exact) mass is 247 g/mol. The Hall–Kier alpha value is -1.43. The summed E-state index contributed by atoms with van der Waals surface area (Å²) in [5, 5.41) is 0. The van der Waals surface area contributed by atoms with Gasteiger partial charge in [0.05, 0.1) is 5.92 Å². The summed E-state index contributed by atoms with van der Waals surface area (Å²) in [6, 6.07) is 4.20. The highest BCUT2D eigenvalue weighted by atomic mass is 19.4. The molecule has 0 amide bonds. The van der Waals surface area contributed by atoms with Gasteiger partial charge in [-0.3, -0.25) is 0 Å². The van der Waals surface area contributed by atoms with Gasteiger partial charge in [0.15, 0.2) is 11.5 Å². The summed E-state index contributed by atoms with van der Waals surface area (Å²) in [6.07, 6.45) is -4.35. The predicted molar refractivity (Wildman–Crippen MR) is 55.3 cm³/mol. The molecule has 17 heavy (non-hydrogen) atoms. The smallest absolute Gasteiger partial charge is 0.396 e. The molecule has 2 rings (SSSR count). The topological polar surface area (TPSA) is 44.5 Å². The number of hydrogen-bond acceptors (Lipinski definition) is 3. The minimum absolute atomic E-state index is 0.101. The van der Waals surface area contributed by atoms with Gasteiger partial charge in [0, 0.05) is 6.54 Å². The van der Waals surface area contributed by atoms with E-state index >= 15 is 0 Å². The number of hydrogen-bond donors (Lipinski definition) is 1. The molecule has 1 atom stereocenters. The number of alkyl halides is 3. The van der Waals surface area contributed by atoms with E-state index in [1.54, 1.807) is 0 Å². The van der Waals surface area contributed by atoms with Crippen molar-refractivity contribution in [2.24, 2.45) is 5.73 Å². The number of halogens is 3. The standard InChI is InChI=1S/C11H12F3NO2/c12-11(13,14)8(6-15)7-1-2-9-10(5-7)17-4-3-16-9/h1-2,5,8H,3-4,6,15H2. The lowest BCUT2D eigenvalue weighted by molar-refractivity contribution is -0.148. The van der Waals surface area contributed by atoms with Crippen LogP contribution < -0.4 is 15.2 Å². The second-order valence-corrected chi connectivity index (χ2v) is 3.73. The minimum Gasteiger partial charge on any atom is -0.486 e. The lowest BCUT2D eigenvalue weighted by atomic mass is 9.98. The summed E-state index contributed by atoms with van der Waals surface area (Å²) in [7, 11) is 0. The molecule has 1 aliphatic rings. The summed E-state index contributed by atoms with van der Waals surface area (Å²) in [5.41, 5.74) is 5.28. The van der Waals surface area contributed by atoms with Crippen LogP contribution in [0.25, 0.3) is 0 Å². The molecule has 0 aromatic heterocycles. The zero-order valence-corrected chi connectivity index (χ0v) is 8.96. The maximum atomic E-state index is 12.7. The molecule has 1 heterocycles. The molecule has 0 bridgehead atoms. The van der Waals surface area contributed by atoms with E-state index in [9.17, 15) is 13.2 Å². The first-order valence-electron chi connectivity index (χ1n) is 5.18. The fraction of sp³-hybridized carbons (Fsp3) is 0.455. The summed E-state index contributed by atoms with van der Waals surface area (Å²) in [5.74, 6) is -0.854. The van der Waals surface area contributed by atoms with Gasteiger partial charge in [-0.1, -0.05) is 6.07 Å². The maximum Gasteiger partial charge on any atom is 0.396 e. The molecule has 0 saturated carbocycles. The summed E-state index contributed by atoms with van der Waals surface area (Å²) >= 11 is 0. The van der Waals surface area contributed by atoms with E-state index in [1.165, 1.54) is 18.2 Å². The first kappa shape index (κ1) is 12.0. The first-order chi connectivity index (χ1) is 8.02. The Labute approximate surface area is 96.3 Å². The van der Waals surface area contributed by atoms with Crippen molar-refractivity contribution in [1.82, 2.24) is 0 Å². The second-order valence-electron chi connectivity index (χ2n) is 3.73. The zero-order chi connectivity index (χ0) is 12.5. The minimum atomic E-state index is -4.35. The molecular formula is C11H12F3NO2. The molecule has 0 saturated heterocycles. The molecule has 6 heteroatoms. The van der Waals surface area contributed by atoms with E-state index in [0.717, 1.165) is 0 Å². The van der Waals surface area contributed by atoms with Crippen LogP contribution in [0.5, 0.6) is 11.5 Å². The summed E-state index contributed by atoms with van der Waals surface area (Å²) in [4.78, 5) is 0. The van der Waals surface area contributed by atoms with Crippen LogP contribution in [0, 0.1) is 0 Å². The van der Waals surface area contributed by atoms with Gasteiger partial charge in [-0.15, -0.1) is 0 Å². The number of rotatable bonds is 2. The third kappa shape index (κ3) is 2.46. The van der Waals surface area contributed by atoms with Gasteiger partial charge < -0.3 is 15.2 Å². The zero-order valence-electron chi connectivity index (χ0n) is 8.96. The highest BCUT2D eigenvalue weighted by molar-refractivity contribution is 5.45. The molecular weight excluding hydrogens is 235 g/mol. The Morgan fingerprint density at radius 1 is 1.18 bits per heavy atom. The normalized spacial score (nSPS) is 16.7. The molecule has 94 valence electrons. The van der Waals surface area contributed by atoms with Gasteiger partial charge in [-0.2, -0.15) is 13.2 Å². The number of fused-ring (bicyclic) bond motifs is 1. The van der Waals surface area contributed by atoms with Crippen molar-refractivity contribution in [3.63, 3.8) is 0 Å². The van der Waals surface area contributed by atoms with E-state index in [2.05, 4.69) is 0 Å². The highest BCUT2D eigenvalue weighted by Crippen LogP contribution is 2.38. The van der Waals surface area contributed by atoms with Gasteiger partial charge in [-0.05, 0) is 17.7 Å². The van der Waals surface area contributed by atoms with Gasteiger partial charge >= 0.3 is 6.18 Å². The SMILES string of the molecule is NCC(c1ccc2c(c1)OCCO2)C(F)(F)F. The average Bonchev–Trinajstić information content (AvgIpc) is 2.28. The van der Waals surface area contributed by atoms with E-state index in [0.29, 0.717) is 24.7 Å². The molecule has 0 radical (unpaired) electrons. The summed E-state index contributed by atoms with van der Waals surface area (Å²) in [6.45, 7) is 0.269. The Kier molecular flexibility index (Phi) is 3.15. The lowest BCUT2D eigenvalue weighted by Crippen LogP contribution is -2.28. The van der Waals surface area contributed by atoms with Gasteiger partial charge in [0.25, 0.3) is 0 Å². The van der Waals surface area contributed by atoms with Crippen molar-refractivity contribution >= 4 is 0 Å². The largest absolute Gasteiger partial charge is 0.486 e. The lowest BCUT2D eigenvalue weighted by Gasteiger charge is -2.22. The number of benzene rings is 1. The Morgan fingerprint density at radius 2 is 1.82 bits per heavy atom. The van der Waals surface area contributed by atoms with E-state index in [-0.39, 0.29) is 5.56 Å². The van der Waals surface area contributed by atoms with E-state index in [1.807, 2.05) is 0 Å². The maximum absolute atomic E-state index is 12.7. The molecule has 1 aliphatic heterocycles. The second kappa shape index (κ2) is 4.44. The van der Waals surface area contributed by atoms with Crippen LogP contribution in [0.3, 0.4) is 0 Å². The Balaban J connectivity index is 2.32. The van der Waals surface area contributed by atoms with Crippen LogP contribution in [0.1, 0.15) is 11.5 Å². The first-order valence-corrected chi connectivity index (χ1v) is 5.18. The molecule has 1 unspecified atom stereocenters. The highest BCUT2D eigenvalue weighted by Gasteiger charge is 2.40. The van der Waals surface area contributed by atoms with E-state index < -0.39 is 18.6 Å². The van der Waals surface area contributed by atoms with Crippen molar-refractivity contribution in [3.05, 3.63) is 23.8 Å². The molecule has 3 nitrogen and oxygen atoms in total. The van der Waals surface area contributed by atoms with E-state index in [4.69, 9.17) is 15.2 Å². The third-order valence-electron chi connectivity index (χ3n) is 2.60. The van der Waals surface area contributed by atoms with Crippen LogP contribution >= 0.6 is 0 Å². The van der Waals surface area contributed by atoms with Crippen molar-refractivity contribution in [1.29, 1.82) is 0 Å². The van der Waals surface area contributed by atoms with Crippen molar-refractivity contribution in [2.45, 2.75) is 12.1 Å². The molecule has 0 spiro atoms. The summed E-state index contributed by atoms with van der Waals surface area (Å²) < 4.78 is 48.5. The molecule has 0 aliphatic carbocycles. The van der Waals surface area contributed by atoms with Crippen LogP contribution in [-0.4, -0.2) is 25.9 Å². The van der Waals surface area contributed by atoms with Gasteiger partial charge in [0.1, 0.15) is 13.2 Å². The third-order valence-corrected chi connectivity index (χ3v) is 2.60. The molecule has 2 N–H and O–H groups in total. The molecule has 1 aromatic carbocycles. The van der Waals surface area contributed by atoms with Gasteiger partial charge in [-0.25, -0.2) is 0 Å². The van der Waals surface area contributed by atoms with Crippen molar-refractivity contribution in [2.75, 3.05) is 19.8 Å².